The molecule has 1 aliphatic rings. The maximum Gasteiger partial charge on any atom is 0.286 e. The summed E-state index contributed by atoms with van der Waals surface area (Å²) in [6.45, 7) is 5.25. The van der Waals surface area contributed by atoms with Gasteiger partial charge in [-0.05, 0) is 31.0 Å². The van der Waals surface area contributed by atoms with Gasteiger partial charge in [-0.15, -0.1) is 10.2 Å². The van der Waals surface area contributed by atoms with Gasteiger partial charge < -0.3 is 10.2 Å². The van der Waals surface area contributed by atoms with E-state index in [1.807, 2.05) is 18.7 Å². The number of halogens is 1. The van der Waals surface area contributed by atoms with Crippen molar-refractivity contribution in [3.8, 4) is 0 Å². The van der Waals surface area contributed by atoms with Gasteiger partial charge in [0.1, 0.15) is 5.01 Å². The Hall–Kier alpha value is -1.99. The minimum atomic E-state index is -0.304. The Morgan fingerprint density at radius 1 is 1.35 bits per heavy atom. The molecule has 1 aromatic carbocycles. The summed E-state index contributed by atoms with van der Waals surface area (Å²) in [4.78, 5) is 26.5. The van der Waals surface area contributed by atoms with Crippen LogP contribution in [0.2, 0.25) is 5.02 Å². The Morgan fingerprint density at radius 3 is 2.88 bits per heavy atom. The van der Waals surface area contributed by atoms with Gasteiger partial charge in [0.05, 0.1) is 0 Å². The first-order valence-electron chi connectivity index (χ1n) is 8.63. The van der Waals surface area contributed by atoms with Crippen molar-refractivity contribution < 1.29 is 9.59 Å². The normalized spacial score (nSPS) is 17.4. The van der Waals surface area contributed by atoms with Gasteiger partial charge in [0.15, 0.2) is 0 Å². The van der Waals surface area contributed by atoms with E-state index in [0.29, 0.717) is 22.3 Å². The van der Waals surface area contributed by atoms with E-state index >= 15 is 0 Å². The van der Waals surface area contributed by atoms with Gasteiger partial charge in [-0.2, -0.15) is 0 Å². The largest absolute Gasteiger partial charge is 0.342 e. The fraction of sp³-hybridized carbons (Fsp3) is 0.444. The van der Waals surface area contributed by atoms with E-state index in [2.05, 4.69) is 15.5 Å². The van der Waals surface area contributed by atoms with Crippen LogP contribution in [0.5, 0.6) is 0 Å². The molecule has 0 radical (unpaired) electrons. The lowest BCUT2D eigenvalue weighted by Gasteiger charge is -2.32. The van der Waals surface area contributed by atoms with Crippen LogP contribution in [-0.4, -0.2) is 40.0 Å². The first kappa shape index (κ1) is 18.8. The lowest BCUT2D eigenvalue weighted by atomic mass is 9.97. The van der Waals surface area contributed by atoms with Crippen molar-refractivity contribution in [1.82, 2.24) is 15.1 Å². The minimum absolute atomic E-state index is 0.0118. The van der Waals surface area contributed by atoms with Crippen molar-refractivity contribution in [3.05, 3.63) is 39.3 Å². The maximum absolute atomic E-state index is 12.4. The molecule has 3 rings (SSSR count). The molecule has 2 aromatic rings. The Kier molecular flexibility index (Phi) is 5.88. The summed E-state index contributed by atoms with van der Waals surface area (Å²) in [5.74, 6) is -0.0149. The fourth-order valence-electron chi connectivity index (χ4n) is 2.99. The maximum atomic E-state index is 12.4. The van der Waals surface area contributed by atoms with Crippen molar-refractivity contribution in [2.24, 2.45) is 5.92 Å². The number of nitrogens with one attached hydrogen (secondary N) is 1. The number of rotatable bonds is 4. The summed E-state index contributed by atoms with van der Waals surface area (Å²) in [6, 6.07) is 6.96. The topological polar surface area (TPSA) is 75.2 Å². The van der Waals surface area contributed by atoms with Crippen molar-refractivity contribution >= 4 is 40.4 Å². The highest BCUT2D eigenvalue weighted by molar-refractivity contribution is 7.13. The summed E-state index contributed by atoms with van der Waals surface area (Å²) >= 11 is 7.22. The molecule has 8 heteroatoms. The molecule has 1 N–H and O–H groups in total. The number of anilines is 1. The summed E-state index contributed by atoms with van der Waals surface area (Å²) in [5.41, 5.74) is 0.616. The molecule has 138 valence electrons. The van der Waals surface area contributed by atoms with Gasteiger partial charge in [-0.25, -0.2) is 0 Å². The van der Waals surface area contributed by atoms with Gasteiger partial charge >= 0.3 is 0 Å². The molecule has 1 saturated heterocycles. The predicted octanol–water partition coefficient (Wildman–Crippen LogP) is 3.81. The quantitative estimate of drug-likeness (QED) is 0.858. The molecule has 0 aliphatic carbocycles. The van der Waals surface area contributed by atoms with Crippen molar-refractivity contribution in [1.29, 1.82) is 0 Å². The smallest absolute Gasteiger partial charge is 0.286 e. The molecule has 0 spiro atoms. The van der Waals surface area contributed by atoms with Crippen LogP contribution >= 0.6 is 22.9 Å². The lowest BCUT2D eigenvalue weighted by Crippen LogP contribution is -2.41. The molecular weight excluding hydrogens is 372 g/mol. The van der Waals surface area contributed by atoms with Crippen LogP contribution in [0.1, 0.15) is 47.4 Å². The van der Waals surface area contributed by atoms with Crippen LogP contribution in [0.4, 0.5) is 5.69 Å². The van der Waals surface area contributed by atoms with E-state index in [-0.39, 0.29) is 23.7 Å². The number of aromatic nitrogens is 2. The Balaban J connectivity index is 1.67. The van der Waals surface area contributed by atoms with Crippen LogP contribution in [0.25, 0.3) is 0 Å². The van der Waals surface area contributed by atoms with Crippen molar-refractivity contribution in [2.45, 2.75) is 32.6 Å². The van der Waals surface area contributed by atoms with Crippen molar-refractivity contribution in [3.63, 3.8) is 0 Å². The van der Waals surface area contributed by atoms with Crippen LogP contribution in [0.3, 0.4) is 0 Å². The van der Waals surface area contributed by atoms with E-state index in [0.717, 1.165) is 24.4 Å². The zero-order valence-electron chi connectivity index (χ0n) is 14.7. The second kappa shape index (κ2) is 8.14. The average Bonchev–Trinajstić information content (AvgIpc) is 3.11. The standard InChI is InChI=1S/C18H21ClN4O2S/c1-11(2)18(25)23-8-4-5-12(10-23)16-21-22-17(26-16)15(24)20-14-7-3-6-13(19)9-14/h3,6-7,9,11-12H,4-5,8,10H2,1-2H3,(H,20,24). The Morgan fingerprint density at radius 2 is 2.15 bits per heavy atom. The molecule has 2 amide bonds. The first-order chi connectivity index (χ1) is 12.4. The Bertz CT molecular complexity index is 808. The van der Waals surface area contributed by atoms with Gasteiger partial charge in [-0.3, -0.25) is 9.59 Å². The summed E-state index contributed by atoms with van der Waals surface area (Å²) in [7, 11) is 0. The molecule has 26 heavy (non-hydrogen) atoms. The second-order valence-electron chi connectivity index (χ2n) is 6.69. The number of benzene rings is 1. The van der Waals surface area contributed by atoms with E-state index in [9.17, 15) is 9.59 Å². The lowest BCUT2D eigenvalue weighted by molar-refractivity contribution is -0.135. The van der Waals surface area contributed by atoms with E-state index < -0.39 is 0 Å². The molecule has 0 saturated carbocycles. The first-order valence-corrected chi connectivity index (χ1v) is 9.82. The molecule has 1 aromatic heterocycles. The van der Waals surface area contributed by atoms with Gasteiger partial charge in [0, 0.05) is 35.6 Å². The SMILES string of the molecule is CC(C)C(=O)N1CCCC(c2nnc(C(=O)Nc3cccc(Cl)c3)s2)C1. The molecule has 1 aliphatic heterocycles. The zero-order chi connectivity index (χ0) is 18.7. The average molecular weight is 393 g/mol. The number of amides is 2. The minimum Gasteiger partial charge on any atom is -0.342 e. The van der Waals surface area contributed by atoms with Crippen LogP contribution in [0, 0.1) is 5.92 Å². The molecule has 0 bridgehead atoms. The molecule has 2 heterocycles. The second-order valence-corrected chi connectivity index (χ2v) is 8.13. The van der Waals surface area contributed by atoms with Crippen molar-refractivity contribution in [2.75, 3.05) is 18.4 Å². The molecule has 1 atom stereocenters. The van der Waals surface area contributed by atoms with Gasteiger partial charge in [-0.1, -0.05) is 42.9 Å². The highest BCUT2D eigenvalue weighted by atomic mass is 35.5. The summed E-state index contributed by atoms with van der Waals surface area (Å²) in [6.07, 6.45) is 1.89. The number of nitrogens with zero attached hydrogens (tertiary/aromatic N) is 3. The third-order valence-corrected chi connectivity index (χ3v) is 5.61. The summed E-state index contributed by atoms with van der Waals surface area (Å²) < 4.78 is 0. The van der Waals surface area contributed by atoms with Crippen LogP contribution in [-0.2, 0) is 4.79 Å². The molecule has 1 fully saturated rings. The van der Waals surface area contributed by atoms with E-state index in [4.69, 9.17) is 11.6 Å². The summed E-state index contributed by atoms with van der Waals surface area (Å²) in [5, 5.41) is 12.7. The predicted molar refractivity (Wildman–Crippen MR) is 103 cm³/mol. The monoisotopic (exact) mass is 392 g/mol. The van der Waals surface area contributed by atoms with Gasteiger partial charge in [0.25, 0.3) is 5.91 Å². The Labute approximate surface area is 161 Å². The van der Waals surface area contributed by atoms with E-state index in [1.54, 1.807) is 24.3 Å². The number of hydrogen-bond acceptors (Lipinski definition) is 5. The third-order valence-electron chi connectivity index (χ3n) is 4.29. The van der Waals surface area contributed by atoms with Gasteiger partial charge in [0.2, 0.25) is 10.9 Å². The number of carbonyl (C=O) groups excluding carboxylic acids is 2. The third kappa shape index (κ3) is 4.40. The highest BCUT2D eigenvalue weighted by Gasteiger charge is 2.28. The van der Waals surface area contributed by atoms with E-state index in [1.165, 1.54) is 11.3 Å². The number of hydrogen-bond donors (Lipinski definition) is 1. The number of piperidine rings is 1. The zero-order valence-corrected chi connectivity index (χ0v) is 16.3. The molecule has 6 nitrogen and oxygen atoms in total. The number of carbonyl (C=O) groups is 2. The van der Waals surface area contributed by atoms with Crippen LogP contribution in [0.15, 0.2) is 24.3 Å². The number of likely N-dealkylation sites (tertiary alicyclic amines) is 1. The fourth-order valence-corrected chi connectivity index (χ4v) is 4.04. The highest BCUT2D eigenvalue weighted by Crippen LogP contribution is 2.30. The molecule has 1 unspecified atom stereocenters. The van der Waals surface area contributed by atoms with Crippen LogP contribution < -0.4 is 5.32 Å². The molecular formula is C18H21ClN4O2S.